The molecule has 40 heavy (non-hydrogen) atoms. The second kappa shape index (κ2) is 18.0. The lowest BCUT2D eigenvalue weighted by Gasteiger charge is -2.27. The Morgan fingerprint density at radius 2 is 1.43 bits per heavy atom. The molecule has 11 nitrogen and oxygen atoms in total. The lowest BCUT2D eigenvalue weighted by molar-refractivity contribution is -0.133. The molecule has 0 aromatic heterocycles. The molecule has 0 bridgehead atoms. The highest BCUT2D eigenvalue weighted by atomic mass is 32.2. The number of benzene rings is 1. The molecule has 8 N–H and O–H groups in total. The van der Waals surface area contributed by atoms with Crippen molar-refractivity contribution < 1.29 is 29.2 Å². The monoisotopic (exact) mass is 579 g/mol. The summed E-state index contributed by atoms with van der Waals surface area (Å²) < 4.78 is 0. The number of amides is 4. The van der Waals surface area contributed by atoms with E-state index in [0.29, 0.717) is 18.6 Å². The number of nitrogens with one attached hydrogen (secondary N) is 4. The van der Waals surface area contributed by atoms with Gasteiger partial charge in [0.1, 0.15) is 18.1 Å². The minimum atomic E-state index is -1.76. The Bertz CT molecular complexity index is 945. The van der Waals surface area contributed by atoms with Gasteiger partial charge in [-0.15, -0.1) is 0 Å². The standard InChI is InChI=1S/C27H46BN5O6S/c1-16(2)14-21(27(37)33-23(17(3)4)28(38)39)31-24(34)18(5)30-26(36)22(15-19-10-8-7-9-11-19)32-25(35)20(29)12-13-40-6/h7-11,16-18,20-23,38-39H,12-15,29H2,1-6H3,(H,30,36)(H,31,34)(H,32,35)(H,33,37). The molecule has 0 heterocycles. The maximum absolute atomic E-state index is 13.2. The predicted molar refractivity (Wildman–Crippen MR) is 159 cm³/mol. The van der Waals surface area contributed by atoms with Crippen molar-refractivity contribution >= 4 is 42.5 Å². The molecule has 5 unspecified atom stereocenters. The zero-order valence-corrected chi connectivity index (χ0v) is 25.2. The van der Waals surface area contributed by atoms with Gasteiger partial charge < -0.3 is 37.0 Å². The molecule has 5 atom stereocenters. The summed E-state index contributed by atoms with van der Waals surface area (Å²) in [6, 6.07) is 5.42. The van der Waals surface area contributed by atoms with Crippen molar-refractivity contribution in [2.45, 2.75) is 84.0 Å². The molecule has 224 valence electrons. The first-order valence-corrected chi connectivity index (χ1v) is 15.0. The van der Waals surface area contributed by atoms with E-state index in [4.69, 9.17) is 5.73 Å². The molecule has 0 saturated carbocycles. The van der Waals surface area contributed by atoms with E-state index in [1.165, 1.54) is 6.92 Å². The van der Waals surface area contributed by atoms with Gasteiger partial charge in [-0.1, -0.05) is 58.0 Å². The average Bonchev–Trinajstić information content (AvgIpc) is 2.88. The minimum Gasteiger partial charge on any atom is -0.426 e. The number of hydrogen-bond donors (Lipinski definition) is 7. The number of rotatable bonds is 17. The van der Waals surface area contributed by atoms with Crippen molar-refractivity contribution in [2.24, 2.45) is 17.6 Å². The third-order valence-electron chi connectivity index (χ3n) is 6.33. The van der Waals surface area contributed by atoms with Crippen LogP contribution in [0.2, 0.25) is 0 Å². The lowest BCUT2D eigenvalue weighted by Crippen LogP contribution is -2.59. The van der Waals surface area contributed by atoms with Gasteiger partial charge in [-0.25, -0.2) is 0 Å². The lowest BCUT2D eigenvalue weighted by atomic mass is 9.73. The van der Waals surface area contributed by atoms with Crippen LogP contribution in [0.15, 0.2) is 30.3 Å². The highest BCUT2D eigenvalue weighted by Crippen LogP contribution is 2.10. The summed E-state index contributed by atoms with van der Waals surface area (Å²) in [6.45, 7) is 8.73. The van der Waals surface area contributed by atoms with E-state index >= 15 is 0 Å². The smallest absolute Gasteiger partial charge is 0.426 e. The van der Waals surface area contributed by atoms with Crippen LogP contribution in [0, 0.1) is 11.8 Å². The van der Waals surface area contributed by atoms with Gasteiger partial charge in [0, 0.05) is 6.42 Å². The molecule has 4 amide bonds. The number of nitrogens with two attached hydrogens (primary N) is 1. The topological polar surface area (TPSA) is 183 Å². The van der Waals surface area contributed by atoms with Crippen LogP contribution in [-0.4, -0.2) is 82.9 Å². The molecule has 0 aliphatic heterocycles. The summed E-state index contributed by atoms with van der Waals surface area (Å²) in [7, 11) is -1.76. The Hall–Kier alpha value is -2.61. The molecular formula is C27H46BN5O6S. The van der Waals surface area contributed by atoms with Gasteiger partial charge in [0.15, 0.2) is 0 Å². The molecule has 0 fully saturated rings. The van der Waals surface area contributed by atoms with Crippen molar-refractivity contribution in [3.63, 3.8) is 0 Å². The van der Waals surface area contributed by atoms with Gasteiger partial charge in [-0.05, 0) is 49.2 Å². The Kier molecular flexibility index (Phi) is 15.9. The van der Waals surface area contributed by atoms with E-state index in [0.717, 1.165) is 5.56 Å². The number of hydrogen-bond acceptors (Lipinski definition) is 8. The number of carbonyl (C=O) groups excluding carboxylic acids is 4. The van der Waals surface area contributed by atoms with Gasteiger partial charge in [0.25, 0.3) is 0 Å². The fraction of sp³-hybridized carbons (Fsp3) is 0.630. The highest BCUT2D eigenvalue weighted by molar-refractivity contribution is 7.98. The third-order valence-corrected chi connectivity index (χ3v) is 6.97. The van der Waals surface area contributed by atoms with Gasteiger partial charge in [0.05, 0.1) is 12.0 Å². The molecule has 1 rings (SSSR count). The van der Waals surface area contributed by atoms with Crippen LogP contribution >= 0.6 is 11.8 Å². The summed E-state index contributed by atoms with van der Waals surface area (Å²) in [6.07, 6.45) is 2.86. The summed E-state index contributed by atoms with van der Waals surface area (Å²) in [5, 5.41) is 29.9. The second-order valence-corrected chi connectivity index (χ2v) is 11.7. The van der Waals surface area contributed by atoms with Crippen LogP contribution in [0.3, 0.4) is 0 Å². The number of carbonyl (C=O) groups is 4. The summed E-state index contributed by atoms with van der Waals surface area (Å²) in [5.41, 5.74) is 6.82. The van der Waals surface area contributed by atoms with Gasteiger partial charge >= 0.3 is 7.12 Å². The van der Waals surface area contributed by atoms with Crippen molar-refractivity contribution in [2.75, 3.05) is 12.0 Å². The summed E-state index contributed by atoms with van der Waals surface area (Å²) >= 11 is 1.57. The van der Waals surface area contributed by atoms with Gasteiger partial charge in [0.2, 0.25) is 23.6 Å². The molecule has 13 heteroatoms. The SMILES string of the molecule is CSCCC(N)C(=O)NC(Cc1ccccc1)C(=O)NC(C)C(=O)NC(CC(C)C)C(=O)NC(B(O)O)C(C)C. The molecule has 0 radical (unpaired) electrons. The zero-order valence-electron chi connectivity index (χ0n) is 24.3. The normalized spacial score (nSPS) is 15.0. The molecule has 1 aromatic carbocycles. The van der Waals surface area contributed by atoms with E-state index in [1.807, 2.05) is 50.4 Å². The maximum Gasteiger partial charge on any atom is 0.475 e. The Morgan fingerprint density at radius 3 is 1.95 bits per heavy atom. The first-order chi connectivity index (χ1) is 18.8. The fourth-order valence-corrected chi connectivity index (χ4v) is 4.43. The maximum atomic E-state index is 13.2. The predicted octanol–water partition coefficient (Wildman–Crippen LogP) is -0.0173. The van der Waals surface area contributed by atoms with Crippen molar-refractivity contribution in [3.05, 3.63) is 35.9 Å². The van der Waals surface area contributed by atoms with Crippen LogP contribution in [0.25, 0.3) is 0 Å². The number of thioether (sulfide) groups is 1. The van der Waals surface area contributed by atoms with Gasteiger partial charge in [-0.2, -0.15) is 11.8 Å². The molecule has 0 aliphatic carbocycles. The van der Waals surface area contributed by atoms with E-state index in [1.54, 1.807) is 25.6 Å². The van der Waals surface area contributed by atoms with Crippen molar-refractivity contribution in [3.8, 4) is 0 Å². The molecule has 0 aliphatic rings. The second-order valence-electron chi connectivity index (χ2n) is 10.8. The van der Waals surface area contributed by atoms with Gasteiger partial charge in [-0.3, -0.25) is 19.2 Å². The minimum absolute atomic E-state index is 0.0401. The van der Waals surface area contributed by atoms with Crippen LogP contribution < -0.4 is 27.0 Å². The zero-order chi connectivity index (χ0) is 30.4. The van der Waals surface area contributed by atoms with Crippen LogP contribution in [-0.2, 0) is 25.6 Å². The highest BCUT2D eigenvalue weighted by Gasteiger charge is 2.33. The molecule has 1 aromatic rings. The first-order valence-electron chi connectivity index (χ1n) is 13.6. The van der Waals surface area contributed by atoms with E-state index < -0.39 is 60.9 Å². The largest absolute Gasteiger partial charge is 0.475 e. The van der Waals surface area contributed by atoms with Crippen molar-refractivity contribution in [1.29, 1.82) is 0 Å². The quantitative estimate of drug-likeness (QED) is 0.126. The van der Waals surface area contributed by atoms with E-state index in [2.05, 4.69) is 21.3 Å². The fourth-order valence-electron chi connectivity index (χ4n) is 3.94. The van der Waals surface area contributed by atoms with Crippen LogP contribution in [0.1, 0.15) is 53.0 Å². The summed E-state index contributed by atoms with van der Waals surface area (Å²) in [5.74, 6) is -2.61. The van der Waals surface area contributed by atoms with Crippen LogP contribution in [0.4, 0.5) is 0 Å². The summed E-state index contributed by atoms with van der Waals surface area (Å²) in [4.78, 5) is 51.9. The van der Waals surface area contributed by atoms with E-state index in [-0.39, 0.29) is 18.3 Å². The Morgan fingerprint density at radius 1 is 0.850 bits per heavy atom. The first kappa shape index (κ1) is 35.4. The van der Waals surface area contributed by atoms with E-state index in [9.17, 15) is 29.2 Å². The molecule has 0 saturated heterocycles. The van der Waals surface area contributed by atoms with Crippen molar-refractivity contribution in [1.82, 2.24) is 21.3 Å². The van der Waals surface area contributed by atoms with Crippen LogP contribution in [0.5, 0.6) is 0 Å². The molecule has 0 spiro atoms. The third kappa shape index (κ3) is 12.7. The average molecular weight is 580 g/mol. The Balaban J connectivity index is 2.98. The Labute approximate surface area is 242 Å². The molecular weight excluding hydrogens is 533 g/mol.